The number of amides is 1. The van der Waals surface area contributed by atoms with Gasteiger partial charge in [0.25, 0.3) is 5.78 Å². The minimum Gasteiger partial charge on any atom is -0.507 e. The Bertz CT molecular complexity index is 2090. The maximum absolute atomic E-state index is 14.3. The smallest absolute Gasteiger partial charge is 0.301 e. The van der Waals surface area contributed by atoms with Crippen molar-refractivity contribution in [1.82, 2.24) is 10.2 Å². The Balaban J connectivity index is 1.28. The second-order valence-corrected chi connectivity index (χ2v) is 13.4. The highest BCUT2D eigenvalue weighted by molar-refractivity contribution is 8.00. The molecule has 0 saturated carbocycles. The molecule has 2 aliphatic rings. The molecule has 10 nitrogen and oxygen atoms in total. The number of aromatic nitrogens is 2. The molecule has 0 radical (unpaired) electrons. The highest BCUT2D eigenvalue weighted by atomic mass is 32.2. The number of thioether (sulfide) groups is 1. The molecule has 0 bridgehead atoms. The number of carbonyl (C=O) groups excluding carboxylic acids is 2. The van der Waals surface area contributed by atoms with Gasteiger partial charge < -0.3 is 24.1 Å². The number of ether oxygens (including phenoxy) is 4. The van der Waals surface area contributed by atoms with Crippen LogP contribution in [0.5, 0.6) is 23.0 Å². The lowest BCUT2D eigenvalue weighted by molar-refractivity contribution is -0.132. The molecule has 4 aromatic carbocycles. The highest BCUT2D eigenvalue weighted by Crippen LogP contribution is 2.46. The van der Waals surface area contributed by atoms with Gasteiger partial charge in [0, 0.05) is 11.3 Å². The number of halogens is 1. The first-order chi connectivity index (χ1) is 24.4. The maximum Gasteiger partial charge on any atom is 0.301 e. The van der Waals surface area contributed by atoms with Crippen LogP contribution in [0.1, 0.15) is 35.2 Å². The van der Waals surface area contributed by atoms with Crippen molar-refractivity contribution in [3.8, 4) is 23.0 Å². The summed E-state index contributed by atoms with van der Waals surface area (Å²) in [5.41, 5.74) is 2.04. The van der Waals surface area contributed by atoms with Gasteiger partial charge in [-0.05, 0) is 60.0 Å². The van der Waals surface area contributed by atoms with E-state index >= 15 is 0 Å². The Labute approximate surface area is 295 Å². The minimum atomic E-state index is -1.11. The van der Waals surface area contributed by atoms with Crippen LogP contribution in [0.3, 0.4) is 0 Å². The summed E-state index contributed by atoms with van der Waals surface area (Å²) in [6, 6.07) is 24.9. The van der Waals surface area contributed by atoms with Crippen molar-refractivity contribution in [2.24, 2.45) is 0 Å². The van der Waals surface area contributed by atoms with Gasteiger partial charge in [0.2, 0.25) is 5.13 Å². The van der Waals surface area contributed by atoms with Crippen molar-refractivity contribution in [2.45, 2.75) is 29.7 Å². The minimum absolute atomic E-state index is 0.136. The summed E-state index contributed by atoms with van der Waals surface area (Å²) in [4.78, 5) is 28.9. The Morgan fingerprint density at radius 3 is 2.52 bits per heavy atom. The summed E-state index contributed by atoms with van der Waals surface area (Å²) in [6.45, 7) is 3.17. The number of rotatable bonds is 11. The molecule has 0 unspecified atom stereocenters. The van der Waals surface area contributed by atoms with E-state index in [0.29, 0.717) is 64.9 Å². The zero-order valence-electron chi connectivity index (χ0n) is 26.7. The summed E-state index contributed by atoms with van der Waals surface area (Å²) < 4.78 is 38.2. The van der Waals surface area contributed by atoms with Crippen LogP contribution in [0.4, 0.5) is 9.52 Å². The first-order valence-electron chi connectivity index (χ1n) is 15.8. The fraction of sp³-hybridized carbons (Fsp3) is 0.189. The first-order valence-corrected chi connectivity index (χ1v) is 17.6. The molecule has 0 spiro atoms. The van der Waals surface area contributed by atoms with E-state index in [9.17, 15) is 19.1 Å². The lowest BCUT2D eigenvalue weighted by Gasteiger charge is -2.24. The van der Waals surface area contributed by atoms with Crippen LogP contribution in [0, 0.1) is 5.82 Å². The normalized spacial score (nSPS) is 16.4. The summed E-state index contributed by atoms with van der Waals surface area (Å²) in [6.07, 6.45) is 0. The van der Waals surface area contributed by atoms with Crippen molar-refractivity contribution >= 4 is 45.7 Å². The lowest BCUT2D eigenvalue weighted by Crippen LogP contribution is -2.29. The van der Waals surface area contributed by atoms with E-state index < -0.39 is 23.5 Å². The molecule has 50 heavy (non-hydrogen) atoms. The second-order valence-electron chi connectivity index (χ2n) is 11.2. The van der Waals surface area contributed by atoms with E-state index in [4.69, 9.17) is 18.9 Å². The van der Waals surface area contributed by atoms with Gasteiger partial charge >= 0.3 is 5.91 Å². The van der Waals surface area contributed by atoms with Gasteiger partial charge in [0.1, 0.15) is 31.4 Å². The predicted octanol–water partition coefficient (Wildman–Crippen LogP) is 7.34. The Kier molecular flexibility index (Phi) is 9.67. The van der Waals surface area contributed by atoms with Gasteiger partial charge in [0.05, 0.1) is 18.2 Å². The molecule has 13 heteroatoms. The Hall–Kier alpha value is -5.40. The van der Waals surface area contributed by atoms with E-state index in [2.05, 4.69) is 10.2 Å². The molecule has 1 atom stereocenters. The molecule has 1 aromatic heterocycles. The van der Waals surface area contributed by atoms with Crippen LogP contribution in [0.15, 0.2) is 101 Å². The maximum atomic E-state index is 14.3. The molecule has 1 amide bonds. The lowest BCUT2D eigenvalue weighted by atomic mass is 9.95. The summed E-state index contributed by atoms with van der Waals surface area (Å²) >= 11 is 2.34. The van der Waals surface area contributed by atoms with Gasteiger partial charge in [-0.25, -0.2) is 4.39 Å². The number of fused-ring (bicyclic) bond motifs is 1. The molecule has 0 aliphatic carbocycles. The van der Waals surface area contributed by atoms with Crippen molar-refractivity contribution in [3.05, 3.63) is 125 Å². The molecule has 1 saturated heterocycles. The third kappa shape index (κ3) is 6.74. The monoisotopic (exact) mass is 711 g/mol. The molecular weight excluding hydrogens is 682 g/mol. The number of carbonyl (C=O) groups is 2. The predicted molar refractivity (Wildman–Crippen MR) is 186 cm³/mol. The molecule has 254 valence electrons. The van der Waals surface area contributed by atoms with Crippen LogP contribution in [-0.2, 0) is 21.9 Å². The van der Waals surface area contributed by atoms with Gasteiger partial charge in [-0.3, -0.25) is 14.5 Å². The first kappa shape index (κ1) is 33.1. The Morgan fingerprint density at radius 2 is 1.72 bits per heavy atom. The highest BCUT2D eigenvalue weighted by Gasteiger charge is 2.48. The molecule has 5 aromatic rings. The fourth-order valence-electron chi connectivity index (χ4n) is 5.62. The van der Waals surface area contributed by atoms with Crippen molar-refractivity contribution < 1.29 is 38.0 Å². The van der Waals surface area contributed by atoms with E-state index in [1.165, 1.54) is 22.7 Å². The quantitative estimate of drug-likeness (QED) is 0.0490. The molecule has 3 heterocycles. The number of nitrogens with zero attached hydrogens (tertiary/aromatic N) is 3. The standard InChI is InChI=1S/C37H30FN3O7S2/c1-2-45-29-18-23(12-14-28(29)48-20-22-8-4-3-5-9-22)32-31(33(42)24-13-15-27-30(19-24)47-17-16-46-27)34(43)35(44)41(32)36-39-40-37(50-36)49-21-25-10-6-7-11-26(25)38/h3-15,18-19,32,42H,2,16-17,20-21H2,1H3/b33-31+/t32-/m1/s1. The van der Waals surface area contributed by atoms with Gasteiger partial charge in [-0.2, -0.15) is 0 Å². The van der Waals surface area contributed by atoms with Gasteiger partial charge in [-0.1, -0.05) is 77.7 Å². The third-order valence-electron chi connectivity index (χ3n) is 7.99. The topological polar surface area (TPSA) is 120 Å². The molecule has 1 N–H and O–H groups in total. The zero-order chi connectivity index (χ0) is 34.6. The number of anilines is 1. The van der Waals surface area contributed by atoms with E-state index in [1.54, 1.807) is 54.6 Å². The van der Waals surface area contributed by atoms with E-state index in [1.807, 2.05) is 37.3 Å². The number of benzene rings is 4. The van der Waals surface area contributed by atoms with Crippen LogP contribution in [0.2, 0.25) is 0 Å². The number of aliphatic hydroxyl groups is 1. The molecule has 1 fully saturated rings. The van der Waals surface area contributed by atoms with E-state index in [0.717, 1.165) is 16.9 Å². The van der Waals surface area contributed by atoms with Gasteiger partial charge in [-0.15, -0.1) is 10.2 Å². The average molecular weight is 712 g/mol. The van der Waals surface area contributed by atoms with Crippen molar-refractivity contribution in [1.29, 1.82) is 0 Å². The number of hydrogen-bond donors (Lipinski definition) is 1. The van der Waals surface area contributed by atoms with Crippen LogP contribution in [0.25, 0.3) is 5.76 Å². The second kappa shape index (κ2) is 14.6. The van der Waals surface area contributed by atoms with E-state index in [-0.39, 0.29) is 27.8 Å². The number of ketones is 1. The Morgan fingerprint density at radius 1 is 0.940 bits per heavy atom. The number of hydrogen-bond acceptors (Lipinski definition) is 11. The van der Waals surface area contributed by atoms with Crippen LogP contribution >= 0.6 is 23.1 Å². The molecule has 7 rings (SSSR count). The zero-order valence-corrected chi connectivity index (χ0v) is 28.3. The fourth-order valence-corrected chi connectivity index (χ4v) is 7.48. The van der Waals surface area contributed by atoms with Crippen LogP contribution < -0.4 is 23.8 Å². The SMILES string of the molecule is CCOc1cc([C@@H]2/C(=C(\O)c3ccc4c(c3)OCCO4)C(=O)C(=O)N2c2nnc(SCc3ccccc3F)s2)ccc1OCc1ccccc1. The van der Waals surface area contributed by atoms with Crippen molar-refractivity contribution in [3.63, 3.8) is 0 Å². The average Bonchev–Trinajstić information content (AvgIpc) is 3.72. The summed E-state index contributed by atoms with van der Waals surface area (Å²) in [7, 11) is 0. The third-order valence-corrected chi connectivity index (χ3v) is 10.1. The van der Waals surface area contributed by atoms with Crippen LogP contribution in [-0.4, -0.2) is 46.8 Å². The molecular formula is C37H30FN3O7S2. The summed E-state index contributed by atoms with van der Waals surface area (Å²) in [5, 5.41) is 20.4. The largest absolute Gasteiger partial charge is 0.507 e. The van der Waals surface area contributed by atoms with Crippen molar-refractivity contribution in [2.75, 3.05) is 24.7 Å². The number of Topliss-reactive ketones (excluding diaryl/α,β-unsaturated/α-hetero) is 1. The van der Waals surface area contributed by atoms with Gasteiger partial charge in [0.15, 0.2) is 27.3 Å². The summed E-state index contributed by atoms with van der Waals surface area (Å²) in [5.74, 6) is -0.467. The molecule has 2 aliphatic heterocycles. The number of aliphatic hydroxyl groups excluding tert-OH is 1.